The predicted molar refractivity (Wildman–Crippen MR) is 124 cm³/mol. The molecule has 32 heavy (non-hydrogen) atoms. The summed E-state index contributed by atoms with van der Waals surface area (Å²) in [4.78, 5) is 13.8. The van der Waals surface area contributed by atoms with Crippen molar-refractivity contribution in [2.24, 2.45) is 17.8 Å². The second-order valence-electron chi connectivity index (χ2n) is 9.21. The van der Waals surface area contributed by atoms with Crippen LogP contribution >= 0.6 is 0 Å². The monoisotopic (exact) mass is 437 g/mol. The molecule has 2 aromatic rings. The highest BCUT2D eigenvalue weighted by molar-refractivity contribution is 5.94. The summed E-state index contributed by atoms with van der Waals surface area (Å²) in [6.07, 6.45) is 3.70. The lowest BCUT2D eigenvalue weighted by atomic mass is 10.00. The van der Waals surface area contributed by atoms with Crippen molar-refractivity contribution in [2.75, 3.05) is 45.2 Å². The first-order valence-electron chi connectivity index (χ1n) is 12.7. The van der Waals surface area contributed by atoms with E-state index in [0.29, 0.717) is 36.7 Å². The Hall–Kier alpha value is -2.51. The highest BCUT2D eigenvalue weighted by Gasteiger charge is 2.41. The fourth-order valence-electron chi connectivity index (χ4n) is 5.32. The lowest BCUT2D eigenvalue weighted by molar-refractivity contribution is 0.0545. The number of benzene rings is 1. The van der Waals surface area contributed by atoms with Crippen LogP contribution in [0.1, 0.15) is 38.8 Å². The molecule has 2 aliphatic heterocycles. The van der Waals surface area contributed by atoms with Crippen molar-refractivity contribution in [3.63, 3.8) is 0 Å². The van der Waals surface area contributed by atoms with Crippen LogP contribution in [0, 0.1) is 17.8 Å². The second-order valence-corrected chi connectivity index (χ2v) is 9.21. The van der Waals surface area contributed by atoms with Crippen LogP contribution in [-0.2, 0) is 4.74 Å². The normalized spacial score (nSPS) is 27.5. The van der Waals surface area contributed by atoms with E-state index in [1.165, 1.54) is 0 Å². The maximum Gasteiger partial charge on any atom is 0.251 e. The van der Waals surface area contributed by atoms with E-state index in [2.05, 4.69) is 25.7 Å². The van der Waals surface area contributed by atoms with Crippen LogP contribution in [0.15, 0.2) is 36.4 Å². The molecule has 0 radical (unpaired) electrons. The zero-order valence-corrected chi connectivity index (χ0v) is 18.6. The number of nitrogens with zero attached hydrogens (tertiary/aromatic N) is 3. The van der Waals surface area contributed by atoms with E-state index in [9.17, 15) is 4.79 Å². The quantitative estimate of drug-likeness (QED) is 0.723. The van der Waals surface area contributed by atoms with Crippen LogP contribution in [0.3, 0.4) is 0 Å². The Kier molecular flexibility index (Phi) is 5.67. The number of likely N-dealkylation sites (tertiary alicyclic amines) is 1. The van der Waals surface area contributed by atoms with Gasteiger partial charge in [-0.2, -0.15) is 0 Å². The Bertz CT molecular complexity index is 981. The Balaban J connectivity index is 1.15. The minimum absolute atomic E-state index is 0.0720. The Labute approximate surface area is 192 Å². The number of nitrogens with one attached hydrogen (secondary N) is 2. The lowest BCUT2D eigenvalue weighted by Crippen LogP contribution is -2.32. The number of aromatic nitrogens is 2. The molecule has 7 heteroatoms. The number of fused-ring (bicyclic) bond motifs is 1. The fraction of sp³-hybridized carbons (Fsp3) is 0.560. The summed E-state index contributed by atoms with van der Waals surface area (Å²) >= 11 is 0. The number of rotatable bonds is 6. The minimum atomic E-state index is -1.24. The number of hydrogen-bond donors (Lipinski definition) is 2. The van der Waals surface area contributed by atoms with Gasteiger partial charge in [0.05, 0.1) is 5.69 Å². The van der Waals surface area contributed by atoms with Gasteiger partial charge in [-0.25, -0.2) is 0 Å². The van der Waals surface area contributed by atoms with E-state index in [-0.39, 0.29) is 11.8 Å². The Morgan fingerprint density at radius 1 is 1.09 bits per heavy atom. The first-order chi connectivity index (χ1) is 16.4. The molecule has 1 unspecified atom stereocenters. The molecule has 3 fully saturated rings. The van der Waals surface area contributed by atoms with Crippen molar-refractivity contribution >= 4 is 11.7 Å². The molecule has 1 aromatic carbocycles. The molecule has 2 saturated heterocycles. The summed E-state index contributed by atoms with van der Waals surface area (Å²) in [6, 6.07) is 11.6. The predicted octanol–water partition coefficient (Wildman–Crippen LogP) is 3.05. The van der Waals surface area contributed by atoms with E-state index in [1.54, 1.807) is 19.2 Å². The lowest BCUT2D eigenvalue weighted by Gasteiger charge is -2.27. The Morgan fingerprint density at radius 2 is 1.81 bits per heavy atom. The largest absolute Gasteiger partial charge is 0.381 e. The maximum absolute atomic E-state index is 11.7. The van der Waals surface area contributed by atoms with Gasteiger partial charge in [-0.05, 0) is 67.7 Å². The zero-order valence-electron chi connectivity index (χ0n) is 20.6. The summed E-state index contributed by atoms with van der Waals surface area (Å²) in [5.41, 5.74) is 2.30. The van der Waals surface area contributed by atoms with Crippen molar-refractivity contribution in [1.82, 2.24) is 20.4 Å². The molecular formula is C25H33N5O2. The van der Waals surface area contributed by atoms with Gasteiger partial charge >= 0.3 is 0 Å². The van der Waals surface area contributed by atoms with Crippen LogP contribution in [0.25, 0.3) is 11.3 Å². The van der Waals surface area contributed by atoms with E-state index < -0.39 is 6.50 Å². The van der Waals surface area contributed by atoms with Crippen LogP contribution in [0.5, 0.6) is 0 Å². The number of anilines is 1. The van der Waals surface area contributed by atoms with Gasteiger partial charge in [0.15, 0.2) is 0 Å². The fourth-order valence-corrected chi connectivity index (χ4v) is 5.32. The standard InChI is InChI=1S/C25H33N5O2/c1-26-25(31)19-4-2-18(3-5-19)23-6-7-24(29-28-23)27-22-12-20-15-30(16-21(20)13-22)14-17-8-10-32-11-9-17/h2-7,17,20-22H,8-16H2,1H3,(H,26,31)(H,27,29)/t20-,21+,22?/i14D2. The molecular weight excluding hydrogens is 402 g/mol. The van der Waals surface area contributed by atoms with Gasteiger partial charge in [0.25, 0.3) is 5.91 Å². The average molecular weight is 438 g/mol. The summed E-state index contributed by atoms with van der Waals surface area (Å²) in [6.45, 7) is 1.79. The molecule has 0 spiro atoms. The number of ether oxygens (including phenoxy) is 1. The van der Waals surface area contributed by atoms with Gasteiger partial charge in [-0.1, -0.05) is 12.1 Å². The van der Waals surface area contributed by atoms with Crippen molar-refractivity contribution in [3.8, 4) is 11.3 Å². The third-order valence-electron chi connectivity index (χ3n) is 7.02. The number of carbonyl (C=O) groups is 1. The van der Waals surface area contributed by atoms with E-state index >= 15 is 0 Å². The average Bonchev–Trinajstić information content (AvgIpc) is 3.44. The van der Waals surface area contributed by atoms with E-state index in [4.69, 9.17) is 7.48 Å². The smallest absolute Gasteiger partial charge is 0.251 e. The molecule has 2 N–H and O–H groups in total. The van der Waals surface area contributed by atoms with Gasteiger partial charge in [0, 0.05) is 59.8 Å². The first-order valence-corrected chi connectivity index (χ1v) is 11.7. The molecule has 1 amide bonds. The topological polar surface area (TPSA) is 79.4 Å². The Morgan fingerprint density at radius 3 is 2.44 bits per heavy atom. The molecule has 0 bridgehead atoms. The second kappa shape index (κ2) is 9.55. The minimum Gasteiger partial charge on any atom is -0.381 e. The van der Waals surface area contributed by atoms with Crippen LogP contribution in [0.4, 0.5) is 5.82 Å². The van der Waals surface area contributed by atoms with Crippen LogP contribution < -0.4 is 10.6 Å². The summed E-state index contributed by atoms with van der Waals surface area (Å²) in [7, 11) is 1.62. The summed E-state index contributed by atoms with van der Waals surface area (Å²) in [5.74, 6) is 1.78. The van der Waals surface area contributed by atoms with Crippen molar-refractivity contribution < 1.29 is 12.3 Å². The molecule has 170 valence electrons. The third-order valence-corrected chi connectivity index (χ3v) is 7.02. The van der Waals surface area contributed by atoms with E-state index in [1.807, 2.05) is 24.3 Å². The summed E-state index contributed by atoms with van der Waals surface area (Å²) in [5, 5.41) is 14.9. The van der Waals surface area contributed by atoms with E-state index in [0.717, 1.165) is 55.8 Å². The van der Waals surface area contributed by atoms with Crippen molar-refractivity contribution in [3.05, 3.63) is 42.0 Å². The highest BCUT2D eigenvalue weighted by atomic mass is 16.5. The van der Waals surface area contributed by atoms with Gasteiger partial charge in [-0.15, -0.1) is 10.2 Å². The van der Waals surface area contributed by atoms with Gasteiger partial charge in [-0.3, -0.25) is 4.79 Å². The van der Waals surface area contributed by atoms with Crippen LogP contribution in [-0.4, -0.2) is 66.9 Å². The number of amides is 1. The molecule has 1 saturated carbocycles. The summed E-state index contributed by atoms with van der Waals surface area (Å²) < 4.78 is 22.9. The molecule has 3 atom stereocenters. The molecule has 3 aliphatic rings. The highest BCUT2D eigenvalue weighted by Crippen LogP contribution is 2.39. The van der Waals surface area contributed by atoms with Gasteiger partial charge in [0.1, 0.15) is 5.82 Å². The maximum atomic E-state index is 11.7. The van der Waals surface area contributed by atoms with Gasteiger partial charge in [0.2, 0.25) is 0 Å². The number of carbonyl (C=O) groups excluding carboxylic acids is 1. The SMILES string of the molecule is [2H]C([2H])(C1CCOCC1)N1C[C@H]2CC(Nc3ccc(-c4ccc(C(=O)NC)cc4)nn3)C[C@H]2C1. The first kappa shape index (κ1) is 19.0. The van der Waals surface area contributed by atoms with Crippen LogP contribution in [0.2, 0.25) is 0 Å². The molecule has 7 nitrogen and oxygen atoms in total. The van der Waals surface area contributed by atoms with Gasteiger partial charge < -0.3 is 20.3 Å². The molecule has 5 rings (SSSR count). The zero-order chi connectivity index (χ0) is 23.7. The van der Waals surface area contributed by atoms with Crippen molar-refractivity contribution in [1.29, 1.82) is 0 Å². The molecule has 3 heterocycles. The molecule has 1 aliphatic carbocycles. The number of hydrogen-bond acceptors (Lipinski definition) is 6. The van der Waals surface area contributed by atoms with Crippen molar-refractivity contribution in [2.45, 2.75) is 31.7 Å². The molecule has 1 aromatic heterocycles. The third kappa shape index (κ3) is 4.79.